The number of aromatic nitrogens is 1. The first-order chi connectivity index (χ1) is 10.4. The lowest BCUT2D eigenvalue weighted by Crippen LogP contribution is -2.14. The predicted octanol–water partition coefficient (Wildman–Crippen LogP) is 3.76. The van der Waals surface area contributed by atoms with E-state index in [1.807, 2.05) is 13.8 Å². The van der Waals surface area contributed by atoms with E-state index in [4.69, 9.17) is 0 Å². The zero-order chi connectivity index (χ0) is 16.3. The summed E-state index contributed by atoms with van der Waals surface area (Å²) in [5.74, 6) is -0.591. The Labute approximate surface area is 126 Å². The van der Waals surface area contributed by atoms with Crippen molar-refractivity contribution >= 4 is 0 Å². The summed E-state index contributed by atoms with van der Waals surface area (Å²) >= 11 is 0. The van der Waals surface area contributed by atoms with Crippen LogP contribution < -0.4 is 10.2 Å². The third-order valence-electron chi connectivity index (χ3n) is 3.22. The fraction of sp³-hybridized carbons (Fsp3) is 0.312. The largest absolute Gasteiger partial charge is 0.434 e. The molecule has 1 heterocycles. The van der Waals surface area contributed by atoms with Crippen LogP contribution in [0.3, 0.4) is 0 Å². The van der Waals surface area contributed by atoms with Crippen molar-refractivity contribution in [2.45, 2.75) is 32.9 Å². The van der Waals surface area contributed by atoms with Gasteiger partial charge in [-0.25, -0.2) is 4.39 Å². The lowest BCUT2D eigenvalue weighted by Gasteiger charge is -2.14. The molecule has 0 N–H and O–H groups in total. The molecule has 0 saturated carbocycles. The molecule has 2 rings (SSSR count). The van der Waals surface area contributed by atoms with Crippen LogP contribution in [0.25, 0.3) is 0 Å². The Balaban J connectivity index is 2.36. The van der Waals surface area contributed by atoms with Crippen LogP contribution in [0.2, 0.25) is 0 Å². The first kappa shape index (κ1) is 16.1. The van der Waals surface area contributed by atoms with E-state index in [1.54, 1.807) is 10.8 Å². The number of rotatable bonds is 5. The summed E-state index contributed by atoms with van der Waals surface area (Å²) in [6.45, 7) is 0.910. The lowest BCUT2D eigenvalue weighted by atomic mass is 10.1. The molecule has 0 amide bonds. The van der Waals surface area contributed by atoms with Crippen LogP contribution >= 0.6 is 0 Å². The molecule has 0 spiro atoms. The average Bonchev–Trinajstić information content (AvgIpc) is 2.43. The number of hydrogen-bond acceptors (Lipinski definition) is 2. The van der Waals surface area contributed by atoms with Gasteiger partial charge in [0.15, 0.2) is 5.43 Å². The summed E-state index contributed by atoms with van der Waals surface area (Å²) in [4.78, 5) is 11.7. The van der Waals surface area contributed by atoms with Gasteiger partial charge in [0, 0.05) is 29.6 Å². The minimum Gasteiger partial charge on any atom is -0.434 e. The van der Waals surface area contributed by atoms with E-state index in [0.29, 0.717) is 5.56 Å². The Morgan fingerprint density at radius 3 is 2.59 bits per heavy atom. The van der Waals surface area contributed by atoms with Crippen LogP contribution in [-0.2, 0) is 6.54 Å². The van der Waals surface area contributed by atoms with Gasteiger partial charge in [0.1, 0.15) is 11.6 Å². The van der Waals surface area contributed by atoms with Crippen LogP contribution in [0.4, 0.5) is 13.2 Å². The molecule has 0 aliphatic heterocycles. The zero-order valence-corrected chi connectivity index (χ0v) is 12.2. The number of hydrogen-bond donors (Lipinski definition) is 0. The van der Waals surface area contributed by atoms with Crippen LogP contribution in [-0.4, -0.2) is 11.2 Å². The van der Waals surface area contributed by atoms with Crippen molar-refractivity contribution in [3.05, 3.63) is 63.8 Å². The van der Waals surface area contributed by atoms with Gasteiger partial charge in [0.05, 0.1) is 6.54 Å². The molecule has 22 heavy (non-hydrogen) atoms. The molecule has 0 bridgehead atoms. The Morgan fingerprint density at radius 1 is 1.23 bits per heavy atom. The molecule has 0 unspecified atom stereocenters. The Morgan fingerprint density at radius 2 is 1.95 bits per heavy atom. The summed E-state index contributed by atoms with van der Waals surface area (Å²) in [6, 6.07) is 4.78. The maximum Gasteiger partial charge on any atom is 0.387 e. The minimum atomic E-state index is -2.98. The molecule has 0 aliphatic rings. The van der Waals surface area contributed by atoms with E-state index >= 15 is 0 Å². The third-order valence-corrected chi connectivity index (χ3v) is 3.22. The van der Waals surface area contributed by atoms with Gasteiger partial charge in [-0.05, 0) is 24.1 Å². The molecule has 0 atom stereocenters. The molecule has 0 saturated heterocycles. The van der Waals surface area contributed by atoms with Gasteiger partial charge in [-0.15, -0.1) is 0 Å². The van der Waals surface area contributed by atoms with Crippen LogP contribution in [0.15, 0.2) is 41.5 Å². The van der Waals surface area contributed by atoms with Gasteiger partial charge in [-0.3, -0.25) is 4.79 Å². The topological polar surface area (TPSA) is 31.2 Å². The van der Waals surface area contributed by atoms with Crippen molar-refractivity contribution in [3.63, 3.8) is 0 Å². The van der Waals surface area contributed by atoms with E-state index in [0.717, 1.165) is 12.1 Å². The van der Waals surface area contributed by atoms with Crippen LogP contribution in [0.5, 0.6) is 5.75 Å². The van der Waals surface area contributed by atoms with Gasteiger partial charge in [-0.1, -0.05) is 13.8 Å². The summed E-state index contributed by atoms with van der Waals surface area (Å²) in [5, 5.41) is 0. The quantitative estimate of drug-likeness (QED) is 0.842. The van der Waals surface area contributed by atoms with Crippen molar-refractivity contribution in [1.29, 1.82) is 0 Å². The monoisotopic (exact) mass is 311 g/mol. The summed E-state index contributed by atoms with van der Waals surface area (Å²) in [7, 11) is 0. The molecule has 1 aromatic carbocycles. The zero-order valence-electron chi connectivity index (χ0n) is 12.2. The highest BCUT2D eigenvalue weighted by atomic mass is 19.3. The first-order valence-electron chi connectivity index (χ1n) is 6.80. The maximum atomic E-state index is 13.4. The molecule has 0 radical (unpaired) electrons. The fourth-order valence-corrected chi connectivity index (χ4v) is 2.16. The van der Waals surface area contributed by atoms with Crippen LogP contribution in [0, 0.1) is 5.82 Å². The standard InChI is InChI=1S/C16H16F3NO2/c1-10(2)13-9-20(6-5-14(13)21)8-11-7-12(17)3-4-15(11)22-16(18)19/h3-7,9-10,16H,8H2,1-2H3. The minimum absolute atomic E-state index is 0.0317. The number of halogens is 3. The van der Waals surface area contributed by atoms with Gasteiger partial charge >= 0.3 is 6.61 Å². The number of ether oxygens (including phenoxy) is 1. The molecule has 118 valence electrons. The number of benzene rings is 1. The summed E-state index contributed by atoms with van der Waals surface area (Å²) in [6.07, 6.45) is 3.18. The second kappa shape index (κ2) is 6.68. The van der Waals surface area contributed by atoms with Gasteiger partial charge in [0.2, 0.25) is 0 Å². The van der Waals surface area contributed by atoms with Gasteiger partial charge in [0.25, 0.3) is 0 Å². The predicted molar refractivity (Wildman–Crippen MR) is 76.9 cm³/mol. The van der Waals surface area contributed by atoms with Crippen molar-refractivity contribution < 1.29 is 17.9 Å². The van der Waals surface area contributed by atoms with Gasteiger partial charge < -0.3 is 9.30 Å². The van der Waals surface area contributed by atoms with E-state index < -0.39 is 12.4 Å². The molecular formula is C16H16F3NO2. The number of alkyl halides is 2. The average molecular weight is 311 g/mol. The normalized spacial score (nSPS) is 11.2. The molecular weight excluding hydrogens is 295 g/mol. The highest BCUT2D eigenvalue weighted by Crippen LogP contribution is 2.23. The molecule has 3 nitrogen and oxygen atoms in total. The highest BCUT2D eigenvalue weighted by molar-refractivity contribution is 5.34. The highest BCUT2D eigenvalue weighted by Gasteiger charge is 2.12. The summed E-state index contributed by atoms with van der Waals surface area (Å²) < 4.78 is 44.2. The van der Waals surface area contributed by atoms with Crippen LogP contribution in [0.1, 0.15) is 30.9 Å². The maximum absolute atomic E-state index is 13.4. The third kappa shape index (κ3) is 3.90. The molecule has 0 aliphatic carbocycles. The molecule has 1 aromatic heterocycles. The second-order valence-electron chi connectivity index (χ2n) is 5.22. The van der Waals surface area contributed by atoms with E-state index in [1.165, 1.54) is 18.3 Å². The number of pyridine rings is 1. The van der Waals surface area contributed by atoms with Gasteiger partial charge in [-0.2, -0.15) is 8.78 Å². The Bertz CT molecular complexity index is 711. The molecule has 6 heteroatoms. The van der Waals surface area contributed by atoms with Crippen molar-refractivity contribution in [3.8, 4) is 5.75 Å². The van der Waals surface area contributed by atoms with Crippen molar-refractivity contribution in [2.24, 2.45) is 0 Å². The lowest BCUT2D eigenvalue weighted by molar-refractivity contribution is -0.0505. The first-order valence-corrected chi connectivity index (χ1v) is 6.80. The second-order valence-corrected chi connectivity index (χ2v) is 5.22. The number of nitrogens with zero attached hydrogens (tertiary/aromatic N) is 1. The molecule has 0 fully saturated rings. The summed E-state index contributed by atoms with van der Waals surface area (Å²) in [5.41, 5.74) is 0.795. The van der Waals surface area contributed by atoms with Crippen molar-refractivity contribution in [1.82, 2.24) is 4.57 Å². The van der Waals surface area contributed by atoms with E-state index in [-0.39, 0.29) is 29.2 Å². The Hall–Kier alpha value is -2.24. The smallest absolute Gasteiger partial charge is 0.387 e. The molecule has 2 aromatic rings. The SMILES string of the molecule is CC(C)c1cn(Cc2cc(F)ccc2OC(F)F)ccc1=O. The fourth-order valence-electron chi connectivity index (χ4n) is 2.16. The Kier molecular flexibility index (Phi) is 4.90. The van der Waals surface area contributed by atoms with E-state index in [2.05, 4.69) is 4.74 Å². The van der Waals surface area contributed by atoms with Crippen molar-refractivity contribution in [2.75, 3.05) is 0 Å². The van der Waals surface area contributed by atoms with E-state index in [9.17, 15) is 18.0 Å².